The SMILES string of the molecule is CC(=O)Nc1ccc(OCc2nc3c(C)cccc3o2)cc1C. The van der Waals surface area contributed by atoms with Crippen molar-refractivity contribution in [1.82, 2.24) is 4.98 Å². The number of anilines is 1. The van der Waals surface area contributed by atoms with Gasteiger partial charge in [0.1, 0.15) is 11.3 Å². The van der Waals surface area contributed by atoms with Gasteiger partial charge in [-0.15, -0.1) is 0 Å². The highest BCUT2D eigenvalue weighted by Crippen LogP contribution is 2.23. The van der Waals surface area contributed by atoms with Crippen LogP contribution >= 0.6 is 0 Å². The molecule has 0 radical (unpaired) electrons. The van der Waals surface area contributed by atoms with Crippen molar-refractivity contribution in [3.05, 3.63) is 53.4 Å². The van der Waals surface area contributed by atoms with E-state index in [4.69, 9.17) is 9.15 Å². The molecule has 2 aromatic carbocycles. The maximum atomic E-state index is 11.1. The third-order valence-corrected chi connectivity index (χ3v) is 3.54. The van der Waals surface area contributed by atoms with Crippen LogP contribution in [-0.2, 0) is 11.4 Å². The Morgan fingerprint density at radius 1 is 1.22 bits per heavy atom. The van der Waals surface area contributed by atoms with Gasteiger partial charge in [0, 0.05) is 12.6 Å². The Morgan fingerprint density at radius 3 is 2.74 bits per heavy atom. The van der Waals surface area contributed by atoms with Crippen molar-refractivity contribution >= 4 is 22.7 Å². The van der Waals surface area contributed by atoms with E-state index in [0.717, 1.165) is 27.9 Å². The van der Waals surface area contributed by atoms with Gasteiger partial charge in [-0.25, -0.2) is 4.98 Å². The van der Waals surface area contributed by atoms with Crippen LogP contribution in [0.1, 0.15) is 23.9 Å². The van der Waals surface area contributed by atoms with Gasteiger partial charge in [-0.05, 0) is 49.2 Å². The molecule has 0 spiro atoms. The van der Waals surface area contributed by atoms with E-state index in [1.54, 1.807) is 0 Å². The lowest BCUT2D eigenvalue weighted by Crippen LogP contribution is -2.07. The van der Waals surface area contributed by atoms with Crippen molar-refractivity contribution < 1.29 is 13.9 Å². The third-order valence-electron chi connectivity index (χ3n) is 3.54. The fourth-order valence-electron chi connectivity index (χ4n) is 2.39. The molecule has 0 saturated carbocycles. The molecule has 0 aliphatic heterocycles. The van der Waals surface area contributed by atoms with E-state index in [2.05, 4.69) is 10.3 Å². The summed E-state index contributed by atoms with van der Waals surface area (Å²) < 4.78 is 11.4. The Hall–Kier alpha value is -2.82. The molecule has 118 valence electrons. The first-order chi connectivity index (χ1) is 11.0. The quantitative estimate of drug-likeness (QED) is 0.791. The maximum absolute atomic E-state index is 11.1. The number of hydrogen-bond donors (Lipinski definition) is 1. The number of benzene rings is 2. The van der Waals surface area contributed by atoms with E-state index < -0.39 is 0 Å². The highest BCUT2D eigenvalue weighted by Gasteiger charge is 2.09. The highest BCUT2D eigenvalue weighted by atomic mass is 16.5. The smallest absolute Gasteiger partial charge is 0.233 e. The average molecular weight is 310 g/mol. The van der Waals surface area contributed by atoms with Gasteiger partial charge in [0.15, 0.2) is 12.2 Å². The molecule has 1 aromatic heterocycles. The molecule has 0 fully saturated rings. The first-order valence-electron chi connectivity index (χ1n) is 7.39. The van der Waals surface area contributed by atoms with Crippen molar-refractivity contribution in [2.24, 2.45) is 0 Å². The van der Waals surface area contributed by atoms with Gasteiger partial charge in [-0.3, -0.25) is 4.79 Å². The van der Waals surface area contributed by atoms with Crippen LogP contribution in [0.25, 0.3) is 11.1 Å². The van der Waals surface area contributed by atoms with Crippen molar-refractivity contribution in [2.75, 3.05) is 5.32 Å². The lowest BCUT2D eigenvalue weighted by Gasteiger charge is -2.09. The van der Waals surface area contributed by atoms with Crippen molar-refractivity contribution in [3.8, 4) is 5.75 Å². The normalized spacial score (nSPS) is 10.7. The molecular formula is C18H18N2O3. The van der Waals surface area contributed by atoms with E-state index in [1.807, 2.05) is 50.2 Å². The summed E-state index contributed by atoms with van der Waals surface area (Å²) in [7, 11) is 0. The molecule has 0 saturated heterocycles. The Kier molecular flexibility index (Phi) is 4.02. The number of oxazole rings is 1. The minimum atomic E-state index is -0.0939. The van der Waals surface area contributed by atoms with E-state index in [-0.39, 0.29) is 12.5 Å². The molecule has 1 N–H and O–H groups in total. The molecule has 3 rings (SSSR count). The first kappa shape index (κ1) is 15.1. The summed E-state index contributed by atoms with van der Waals surface area (Å²) in [5, 5.41) is 2.77. The number of para-hydroxylation sites is 1. The molecular weight excluding hydrogens is 292 g/mol. The number of nitrogens with zero attached hydrogens (tertiary/aromatic N) is 1. The minimum Gasteiger partial charge on any atom is -0.484 e. The van der Waals surface area contributed by atoms with Gasteiger partial charge >= 0.3 is 0 Å². The molecule has 0 bridgehead atoms. The summed E-state index contributed by atoms with van der Waals surface area (Å²) in [4.78, 5) is 15.6. The molecule has 5 nitrogen and oxygen atoms in total. The van der Waals surface area contributed by atoms with Crippen LogP contribution in [-0.4, -0.2) is 10.9 Å². The molecule has 0 atom stereocenters. The summed E-state index contributed by atoms with van der Waals surface area (Å²) in [6, 6.07) is 11.3. The topological polar surface area (TPSA) is 64.4 Å². The third kappa shape index (κ3) is 3.34. The van der Waals surface area contributed by atoms with Gasteiger partial charge in [-0.2, -0.15) is 0 Å². The molecule has 23 heavy (non-hydrogen) atoms. The predicted molar refractivity (Wildman–Crippen MR) is 88.6 cm³/mol. The number of hydrogen-bond acceptors (Lipinski definition) is 4. The molecule has 0 aliphatic carbocycles. The van der Waals surface area contributed by atoms with Gasteiger partial charge < -0.3 is 14.5 Å². The monoisotopic (exact) mass is 310 g/mol. The van der Waals surface area contributed by atoms with Crippen molar-refractivity contribution in [1.29, 1.82) is 0 Å². The molecule has 1 heterocycles. The molecule has 3 aromatic rings. The fourth-order valence-corrected chi connectivity index (χ4v) is 2.39. The predicted octanol–water partition coefficient (Wildman–Crippen LogP) is 3.98. The van der Waals surface area contributed by atoms with Crippen LogP contribution in [0, 0.1) is 13.8 Å². The van der Waals surface area contributed by atoms with Gasteiger partial charge in [0.05, 0.1) is 0 Å². The largest absolute Gasteiger partial charge is 0.484 e. The van der Waals surface area contributed by atoms with Gasteiger partial charge in [0.25, 0.3) is 0 Å². The van der Waals surface area contributed by atoms with Crippen LogP contribution in [0.2, 0.25) is 0 Å². The number of rotatable bonds is 4. The standard InChI is InChI=1S/C18H18N2O3/c1-11-5-4-6-16-18(11)20-17(23-16)10-22-14-7-8-15(12(2)9-14)19-13(3)21/h4-9H,10H2,1-3H3,(H,19,21). The number of nitrogens with one attached hydrogen (secondary N) is 1. The van der Waals surface area contributed by atoms with Crippen LogP contribution in [0.3, 0.4) is 0 Å². The molecule has 0 unspecified atom stereocenters. The van der Waals surface area contributed by atoms with Crippen LogP contribution < -0.4 is 10.1 Å². The summed E-state index contributed by atoms with van der Waals surface area (Å²) in [6.45, 7) is 5.66. The van der Waals surface area contributed by atoms with Crippen molar-refractivity contribution in [3.63, 3.8) is 0 Å². The van der Waals surface area contributed by atoms with E-state index >= 15 is 0 Å². The zero-order valence-corrected chi connectivity index (χ0v) is 13.3. The lowest BCUT2D eigenvalue weighted by molar-refractivity contribution is -0.114. The lowest BCUT2D eigenvalue weighted by atomic mass is 10.2. The first-order valence-corrected chi connectivity index (χ1v) is 7.39. The Labute approximate surface area is 134 Å². The van der Waals surface area contributed by atoms with E-state index in [1.165, 1.54) is 6.92 Å². The number of carbonyl (C=O) groups excluding carboxylic acids is 1. The number of amides is 1. The van der Waals surface area contributed by atoms with Gasteiger partial charge in [-0.1, -0.05) is 12.1 Å². The zero-order valence-electron chi connectivity index (χ0n) is 13.3. The fraction of sp³-hybridized carbons (Fsp3) is 0.222. The number of aryl methyl sites for hydroxylation is 2. The maximum Gasteiger partial charge on any atom is 0.233 e. The van der Waals surface area contributed by atoms with Crippen LogP contribution in [0.5, 0.6) is 5.75 Å². The van der Waals surface area contributed by atoms with E-state index in [0.29, 0.717) is 11.6 Å². The number of carbonyl (C=O) groups is 1. The molecule has 0 aliphatic rings. The number of ether oxygens (including phenoxy) is 1. The summed E-state index contributed by atoms with van der Waals surface area (Å²) >= 11 is 0. The minimum absolute atomic E-state index is 0.0939. The van der Waals surface area contributed by atoms with Crippen molar-refractivity contribution in [2.45, 2.75) is 27.4 Å². The number of fused-ring (bicyclic) bond motifs is 1. The second-order valence-electron chi connectivity index (χ2n) is 5.48. The second-order valence-corrected chi connectivity index (χ2v) is 5.48. The average Bonchev–Trinajstić information content (AvgIpc) is 2.92. The van der Waals surface area contributed by atoms with Crippen LogP contribution in [0.4, 0.5) is 5.69 Å². The van der Waals surface area contributed by atoms with Gasteiger partial charge in [0.2, 0.25) is 11.8 Å². The second kappa shape index (κ2) is 6.12. The number of aromatic nitrogens is 1. The molecule has 1 amide bonds. The van der Waals surface area contributed by atoms with Crippen LogP contribution in [0.15, 0.2) is 40.8 Å². The van der Waals surface area contributed by atoms with E-state index in [9.17, 15) is 4.79 Å². The Bertz CT molecular complexity index is 868. The summed E-state index contributed by atoms with van der Waals surface area (Å²) in [5.41, 5.74) is 4.42. The summed E-state index contributed by atoms with van der Waals surface area (Å²) in [5.74, 6) is 1.15. The Balaban J connectivity index is 1.73. The summed E-state index contributed by atoms with van der Waals surface area (Å²) in [6.07, 6.45) is 0. The highest BCUT2D eigenvalue weighted by molar-refractivity contribution is 5.89. The zero-order chi connectivity index (χ0) is 16.4. The molecule has 5 heteroatoms. The Morgan fingerprint density at radius 2 is 2.04 bits per heavy atom.